The third kappa shape index (κ3) is 4.76. The van der Waals surface area contributed by atoms with Gasteiger partial charge in [0.1, 0.15) is 0 Å². The summed E-state index contributed by atoms with van der Waals surface area (Å²) in [5.74, 6) is 2.30. The zero-order valence-corrected chi connectivity index (χ0v) is 10.9. The van der Waals surface area contributed by atoms with Gasteiger partial charge in [-0.25, -0.2) is 0 Å². The first kappa shape index (κ1) is 13.3. The topological polar surface area (TPSA) is 12.0 Å². The minimum atomic E-state index is 0.716. The van der Waals surface area contributed by atoms with Crippen molar-refractivity contribution < 1.29 is 0 Å². The molecule has 0 bridgehead atoms. The Morgan fingerprint density at radius 1 is 1.33 bits per heavy atom. The third-order valence-electron chi connectivity index (χ3n) is 3.26. The largest absolute Gasteiger partial charge is 0.313 e. The van der Waals surface area contributed by atoms with Crippen LogP contribution in [-0.4, -0.2) is 19.0 Å². The Labute approximate surface area is 103 Å². The number of nitrogens with one attached hydrogen (secondary N) is 1. The fourth-order valence-corrected chi connectivity index (χ4v) is 2.73. The van der Waals surface area contributed by atoms with Gasteiger partial charge in [-0.15, -0.1) is 11.6 Å². The Bertz CT molecular complexity index is 204. The lowest BCUT2D eigenvalue weighted by molar-refractivity contribution is 0.253. The summed E-state index contributed by atoms with van der Waals surface area (Å²) in [6.45, 7) is 4.02. The van der Waals surface area contributed by atoms with Crippen LogP contribution in [0.4, 0.5) is 0 Å². The quantitative estimate of drug-likeness (QED) is 0.732. The van der Waals surface area contributed by atoms with Crippen molar-refractivity contribution in [1.29, 1.82) is 0 Å². The Morgan fingerprint density at radius 3 is 2.60 bits per heavy atom. The van der Waals surface area contributed by atoms with Crippen LogP contribution >= 0.6 is 23.2 Å². The van der Waals surface area contributed by atoms with Crippen molar-refractivity contribution in [2.75, 3.05) is 19.0 Å². The highest BCUT2D eigenvalue weighted by Gasteiger charge is 2.23. The van der Waals surface area contributed by atoms with Crippen LogP contribution in [0.3, 0.4) is 0 Å². The minimum absolute atomic E-state index is 0.716. The van der Waals surface area contributed by atoms with Gasteiger partial charge in [-0.1, -0.05) is 24.4 Å². The summed E-state index contributed by atoms with van der Waals surface area (Å²) in [4.78, 5) is 0. The predicted molar refractivity (Wildman–Crippen MR) is 68.6 cm³/mol. The molecule has 0 heterocycles. The SMILES string of the molecule is CC(=CCl)CNCC1CCCCC1CCl. The number of hydrogen-bond donors (Lipinski definition) is 1. The van der Waals surface area contributed by atoms with Crippen LogP contribution in [0, 0.1) is 11.8 Å². The average Bonchev–Trinajstić information content (AvgIpc) is 2.29. The first-order valence-corrected chi connectivity index (χ1v) is 6.77. The highest BCUT2D eigenvalue weighted by Crippen LogP contribution is 2.30. The highest BCUT2D eigenvalue weighted by atomic mass is 35.5. The molecule has 0 spiro atoms. The highest BCUT2D eigenvalue weighted by molar-refractivity contribution is 6.25. The monoisotopic (exact) mass is 249 g/mol. The van der Waals surface area contributed by atoms with Crippen molar-refractivity contribution in [3.05, 3.63) is 11.1 Å². The van der Waals surface area contributed by atoms with E-state index in [0.29, 0.717) is 5.92 Å². The van der Waals surface area contributed by atoms with Crippen molar-refractivity contribution in [3.8, 4) is 0 Å². The molecule has 1 aliphatic rings. The van der Waals surface area contributed by atoms with Gasteiger partial charge in [0, 0.05) is 18.0 Å². The van der Waals surface area contributed by atoms with Crippen molar-refractivity contribution in [2.45, 2.75) is 32.6 Å². The Hall–Kier alpha value is 0.280. The van der Waals surface area contributed by atoms with Crippen molar-refractivity contribution >= 4 is 23.2 Å². The molecular formula is C12H21Cl2N. The van der Waals surface area contributed by atoms with Gasteiger partial charge in [0.2, 0.25) is 0 Å². The minimum Gasteiger partial charge on any atom is -0.313 e. The van der Waals surface area contributed by atoms with E-state index < -0.39 is 0 Å². The van der Waals surface area contributed by atoms with Crippen LogP contribution in [0.1, 0.15) is 32.6 Å². The fourth-order valence-electron chi connectivity index (χ4n) is 2.25. The summed E-state index contributed by atoms with van der Waals surface area (Å²) in [5.41, 5.74) is 2.84. The normalized spacial score (nSPS) is 28.1. The van der Waals surface area contributed by atoms with Crippen LogP contribution in [0.15, 0.2) is 11.1 Å². The maximum atomic E-state index is 5.98. The first-order valence-electron chi connectivity index (χ1n) is 5.80. The first-order chi connectivity index (χ1) is 7.27. The molecule has 0 radical (unpaired) electrons. The van der Waals surface area contributed by atoms with Gasteiger partial charge in [-0.2, -0.15) is 0 Å². The Morgan fingerprint density at radius 2 is 2.00 bits per heavy atom. The maximum Gasteiger partial charge on any atom is 0.0254 e. The van der Waals surface area contributed by atoms with Gasteiger partial charge in [0.15, 0.2) is 0 Å². The lowest BCUT2D eigenvalue weighted by Crippen LogP contribution is -2.32. The van der Waals surface area contributed by atoms with E-state index in [9.17, 15) is 0 Å². The third-order valence-corrected chi connectivity index (χ3v) is 4.03. The number of rotatable bonds is 5. The molecule has 88 valence electrons. The summed E-state index contributed by atoms with van der Waals surface area (Å²) in [6.07, 6.45) is 5.35. The zero-order chi connectivity index (χ0) is 11.1. The van der Waals surface area contributed by atoms with Crippen LogP contribution < -0.4 is 5.32 Å². The van der Waals surface area contributed by atoms with Gasteiger partial charge >= 0.3 is 0 Å². The fraction of sp³-hybridized carbons (Fsp3) is 0.833. The molecule has 1 nitrogen and oxygen atoms in total. The summed E-state index contributed by atoms with van der Waals surface area (Å²) in [5, 5.41) is 3.46. The summed E-state index contributed by atoms with van der Waals surface area (Å²) in [7, 11) is 0. The van der Waals surface area contributed by atoms with E-state index in [-0.39, 0.29) is 0 Å². The molecule has 2 atom stereocenters. The van der Waals surface area contributed by atoms with E-state index in [1.807, 2.05) is 6.92 Å². The second kappa shape index (κ2) is 7.54. The van der Waals surface area contributed by atoms with Crippen LogP contribution in [0.2, 0.25) is 0 Å². The Kier molecular flexibility index (Phi) is 6.71. The molecule has 1 aliphatic carbocycles. The molecule has 15 heavy (non-hydrogen) atoms. The number of hydrogen-bond acceptors (Lipinski definition) is 1. The second-order valence-corrected chi connectivity index (χ2v) is 5.07. The molecule has 0 aliphatic heterocycles. The molecule has 0 aromatic carbocycles. The van der Waals surface area contributed by atoms with E-state index in [1.54, 1.807) is 5.54 Å². The molecule has 1 saturated carbocycles. The average molecular weight is 250 g/mol. The summed E-state index contributed by atoms with van der Waals surface area (Å²) < 4.78 is 0. The molecule has 0 saturated heterocycles. The van der Waals surface area contributed by atoms with Gasteiger partial charge in [0.05, 0.1) is 0 Å². The molecule has 0 amide bonds. The molecular weight excluding hydrogens is 229 g/mol. The van der Waals surface area contributed by atoms with Gasteiger partial charge < -0.3 is 5.32 Å². The van der Waals surface area contributed by atoms with Crippen LogP contribution in [0.25, 0.3) is 0 Å². The van der Waals surface area contributed by atoms with Crippen LogP contribution in [0.5, 0.6) is 0 Å². The van der Waals surface area contributed by atoms with E-state index in [0.717, 1.165) is 24.9 Å². The molecule has 1 rings (SSSR count). The predicted octanol–water partition coefficient (Wildman–Crippen LogP) is 3.76. The van der Waals surface area contributed by atoms with Crippen molar-refractivity contribution in [3.63, 3.8) is 0 Å². The molecule has 0 aromatic rings. The summed E-state index contributed by atoms with van der Waals surface area (Å²) >= 11 is 11.6. The van der Waals surface area contributed by atoms with Crippen molar-refractivity contribution in [1.82, 2.24) is 5.32 Å². The number of alkyl halides is 1. The van der Waals surface area contributed by atoms with Crippen LogP contribution in [-0.2, 0) is 0 Å². The lowest BCUT2D eigenvalue weighted by Gasteiger charge is -2.30. The molecule has 1 fully saturated rings. The standard InChI is InChI=1S/C12H21Cl2N/c1-10(6-13)8-15-9-12-5-3-2-4-11(12)7-14/h6,11-12,15H,2-5,7-9H2,1H3. The Balaban J connectivity index is 2.23. The maximum absolute atomic E-state index is 5.98. The van der Waals surface area contributed by atoms with Gasteiger partial charge in [-0.3, -0.25) is 0 Å². The van der Waals surface area contributed by atoms with E-state index in [2.05, 4.69) is 5.32 Å². The molecule has 2 unspecified atom stereocenters. The molecule has 3 heteroatoms. The number of halogens is 2. The second-order valence-electron chi connectivity index (χ2n) is 4.55. The van der Waals surface area contributed by atoms with E-state index >= 15 is 0 Å². The van der Waals surface area contributed by atoms with Crippen molar-refractivity contribution in [2.24, 2.45) is 11.8 Å². The zero-order valence-electron chi connectivity index (χ0n) is 9.44. The lowest BCUT2D eigenvalue weighted by atomic mass is 9.80. The van der Waals surface area contributed by atoms with E-state index in [4.69, 9.17) is 23.2 Å². The molecule has 1 N–H and O–H groups in total. The molecule has 0 aromatic heterocycles. The van der Waals surface area contributed by atoms with Gasteiger partial charge in [-0.05, 0) is 43.7 Å². The summed E-state index contributed by atoms with van der Waals surface area (Å²) in [6, 6.07) is 0. The van der Waals surface area contributed by atoms with Gasteiger partial charge in [0.25, 0.3) is 0 Å². The van der Waals surface area contributed by atoms with E-state index in [1.165, 1.54) is 31.3 Å². The smallest absolute Gasteiger partial charge is 0.0254 e.